The van der Waals surface area contributed by atoms with Gasteiger partial charge < -0.3 is 10.2 Å². The number of halogens is 1. The van der Waals surface area contributed by atoms with Gasteiger partial charge in [-0.1, -0.05) is 6.07 Å². The Morgan fingerprint density at radius 2 is 2.00 bits per heavy atom. The summed E-state index contributed by atoms with van der Waals surface area (Å²) in [5.41, 5.74) is 0. The molecule has 2 aromatic rings. The number of hydrogen-bond acceptors (Lipinski definition) is 5. The second-order valence-corrected chi connectivity index (χ2v) is 9.47. The summed E-state index contributed by atoms with van der Waals surface area (Å²) in [6.07, 6.45) is 0. The second-order valence-electron chi connectivity index (χ2n) is 5.98. The van der Waals surface area contributed by atoms with E-state index in [9.17, 15) is 9.59 Å². The molecule has 1 atom stereocenters. The Labute approximate surface area is 163 Å². The van der Waals surface area contributed by atoms with Crippen LogP contribution in [-0.4, -0.2) is 53.8 Å². The lowest BCUT2D eigenvalue weighted by molar-refractivity contribution is -0.134. The van der Waals surface area contributed by atoms with Gasteiger partial charge in [0.05, 0.1) is 8.66 Å². The highest BCUT2D eigenvalue weighted by molar-refractivity contribution is 9.11. The lowest BCUT2D eigenvalue weighted by Gasteiger charge is -2.35. The summed E-state index contributed by atoms with van der Waals surface area (Å²) in [4.78, 5) is 30.8. The van der Waals surface area contributed by atoms with E-state index in [0.29, 0.717) is 18.0 Å². The number of rotatable bonds is 5. The van der Waals surface area contributed by atoms with Crippen LogP contribution in [0.25, 0.3) is 0 Å². The SMILES string of the molecule is CC(NC(=O)c1cccs1)C(=O)N1CCN(Cc2ccc(Br)s2)CC1. The second kappa shape index (κ2) is 8.44. The van der Waals surface area contributed by atoms with Crippen molar-refractivity contribution in [1.29, 1.82) is 0 Å². The van der Waals surface area contributed by atoms with E-state index in [0.717, 1.165) is 23.4 Å². The highest BCUT2D eigenvalue weighted by Crippen LogP contribution is 2.23. The maximum Gasteiger partial charge on any atom is 0.261 e. The minimum atomic E-state index is -0.505. The number of carbonyl (C=O) groups is 2. The molecule has 1 unspecified atom stereocenters. The van der Waals surface area contributed by atoms with Crippen molar-refractivity contribution in [1.82, 2.24) is 15.1 Å². The van der Waals surface area contributed by atoms with E-state index in [1.54, 1.807) is 24.3 Å². The smallest absolute Gasteiger partial charge is 0.261 e. The van der Waals surface area contributed by atoms with Crippen LogP contribution in [0.5, 0.6) is 0 Å². The van der Waals surface area contributed by atoms with Crippen LogP contribution in [0.2, 0.25) is 0 Å². The van der Waals surface area contributed by atoms with Crippen molar-refractivity contribution in [2.45, 2.75) is 19.5 Å². The average molecular weight is 442 g/mol. The number of carbonyl (C=O) groups excluding carboxylic acids is 2. The van der Waals surface area contributed by atoms with Crippen LogP contribution in [0.4, 0.5) is 0 Å². The van der Waals surface area contributed by atoms with Gasteiger partial charge in [0.1, 0.15) is 6.04 Å². The van der Waals surface area contributed by atoms with Crippen molar-refractivity contribution in [2.75, 3.05) is 26.2 Å². The summed E-state index contributed by atoms with van der Waals surface area (Å²) in [6, 6.07) is 7.29. The van der Waals surface area contributed by atoms with Gasteiger partial charge in [0.15, 0.2) is 0 Å². The first-order valence-corrected chi connectivity index (χ1v) is 10.6. The lowest BCUT2D eigenvalue weighted by Crippen LogP contribution is -2.53. The molecule has 0 aliphatic carbocycles. The molecule has 134 valence electrons. The van der Waals surface area contributed by atoms with Gasteiger partial charge in [0.2, 0.25) is 5.91 Å². The maximum atomic E-state index is 12.6. The predicted octanol–water partition coefficient (Wildman–Crippen LogP) is 3.03. The Balaban J connectivity index is 1.46. The summed E-state index contributed by atoms with van der Waals surface area (Å²) in [5.74, 6) is -0.193. The minimum Gasteiger partial charge on any atom is -0.340 e. The van der Waals surface area contributed by atoms with Crippen LogP contribution < -0.4 is 5.32 Å². The quantitative estimate of drug-likeness (QED) is 0.775. The lowest BCUT2D eigenvalue weighted by atomic mass is 10.2. The first kappa shape index (κ1) is 18.6. The maximum absolute atomic E-state index is 12.6. The normalized spacial score (nSPS) is 16.6. The van der Waals surface area contributed by atoms with Crippen LogP contribution in [0, 0.1) is 0 Å². The molecular weight excluding hydrogens is 422 g/mol. The van der Waals surface area contributed by atoms with Crippen LogP contribution in [0.15, 0.2) is 33.4 Å². The fourth-order valence-electron chi connectivity index (χ4n) is 2.79. The van der Waals surface area contributed by atoms with Crippen LogP contribution in [0.1, 0.15) is 21.5 Å². The van der Waals surface area contributed by atoms with Crippen molar-refractivity contribution in [3.63, 3.8) is 0 Å². The third-order valence-corrected chi connectivity index (χ3v) is 6.63. The number of amides is 2. The summed E-state index contributed by atoms with van der Waals surface area (Å²) >= 11 is 6.61. The van der Waals surface area contributed by atoms with Crippen LogP contribution in [-0.2, 0) is 11.3 Å². The summed E-state index contributed by atoms with van der Waals surface area (Å²) in [5, 5.41) is 4.65. The van der Waals surface area contributed by atoms with Gasteiger partial charge in [0, 0.05) is 37.6 Å². The largest absolute Gasteiger partial charge is 0.340 e. The zero-order valence-electron chi connectivity index (χ0n) is 13.9. The topological polar surface area (TPSA) is 52.7 Å². The molecule has 0 aromatic carbocycles. The number of piperazine rings is 1. The molecule has 25 heavy (non-hydrogen) atoms. The van der Waals surface area contributed by atoms with Gasteiger partial charge in [-0.25, -0.2) is 0 Å². The molecule has 1 saturated heterocycles. The molecule has 5 nitrogen and oxygen atoms in total. The highest BCUT2D eigenvalue weighted by Gasteiger charge is 2.26. The zero-order valence-corrected chi connectivity index (χ0v) is 17.1. The van der Waals surface area contributed by atoms with E-state index in [-0.39, 0.29) is 11.8 Å². The van der Waals surface area contributed by atoms with Gasteiger partial charge in [-0.3, -0.25) is 14.5 Å². The van der Waals surface area contributed by atoms with Crippen molar-refractivity contribution < 1.29 is 9.59 Å². The van der Waals surface area contributed by atoms with E-state index in [2.05, 4.69) is 38.3 Å². The summed E-state index contributed by atoms with van der Waals surface area (Å²) in [7, 11) is 0. The molecule has 2 aromatic heterocycles. The highest BCUT2D eigenvalue weighted by atomic mass is 79.9. The van der Waals surface area contributed by atoms with Crippen molar-refractivity contribution in [3.05, 3.63) is 43.2 Å². The fraction of sp³-hybridized carbons (Fsp3) is 0.412. The molecule has 2 amide bonds. The summed E-state index contributed by atoms with van der Waals surface area (Å²) < 4.78 is 1.15. The van der Waals surface area contributed by atoms with Gasteiger partial charge in [-0.15, -0.1) is 22.7 Å². The van der Waals surface area contributed by atoms with Crippen LogP contribution in [0.3, 0.4) is 0 Å². The van der Waals surface area contributed by atoms with E-state index < -0.39 is 6.04 Å². The van der Waals surface area contributed by atoms with E-state index in [1.165, 1.54) is 16.2 Å². The first-order valence-electron chi connectivity index (χ1n) is 8.12. The third-order valence-electron chi connectivity index (χ3n) is 4.16. The number of hydrogen-bond donors (Lipinski definition) is 1. The predicted molar refractivity (Wildman–Crippen MR) is 105 cm³/mol. The molecule has 0 bridgehead atoms. The molecule has 3 rings (SSSR count). The minimum absolute atomic E-state index is 0.0107. The zero-order chi connectivity index (χ0) is 17.8. The fourth-order valence-corrected chi connectivity index (χ4v) is 4.95. The molecule has 1 aliphatic rings. The molecule has 1 fully saturated rings. The molecule has 1 N–H and O–H groups in total. The Hall–Kier alpha value is -1.22. The van der Waals surface area contributed by atoms with E-state index in [1.807, 2.05) is 16.3 Å². The Kier molecular flexibility index (Phi) is 6.27. The van der Waals surface area contributed by atoms with E-state index in [4.69, 9.17) is 0 Å². The Bertz CT molecular complexity index is 724. The molecular formula is C17H20BrN3O2S2. The Morgan fingerprint density at radius 3 is 2.60 bits per heavy atom. The monoisotopic (exact) mass is 441 g/mol. The standard InChI is InChI=1S/C17H20BrN3O2S2/c1-12(19-16(22)14-3-2-10-24-14)17(23)21-8-6-20(7-9-21)11-13-4-5-15(18)25-13/h2-5,10,12H,6-9,11H2,1H3,(H,19,22). The third kappa shape index (κ3) is 4.91. The molecule has 0 spiro atoms. The number of nitrogens with one attached hydrogen (secondary N) is 1. The molecule has 3 heterocycles. The van der Waals surface area contributed by atoms with Crippen molar-refractivity contribution in [2.24, 2.45) is 0 Å². The molecule has 8 heteroatoms. The Morgan fingerprint density at radius 1 is 1.24 bits per heavy atom. The number of nitrogens with zero attached hydrogens (tertiary/aromatic N) is 2. The van der Waals surface area contributed by atoms with Crippen molar-refractivity contribution in [3.8, 4) is 0 Å². The molecule has 1 aliphatic heterocycles. The molecule has 0 saturated carbocycles. The van der Waals surface area contributed by atoms with Gasteiger partial charge in [-0.05, 0) is 46.4 Å². The first-order chi connectivity index (χ1) is 12.0. The number of thiophene rings is 2. The van der Waals surface area contributed by atoms with Crippen molar-refractivity contribution >= 4 is 50.4 Å². The van der Waals surface area contributed by atoms with Gasteiger partial charge >= 0.3 is 0 Å². The van der Waals surface area contributed by atoms with E-state index >= 15 is 0 Å². The molecule has 0 radical (unpaired) electrons. The van der Waals surface area contributed by atoms with Crippen LogP contribution >= 0.6 is 38.6 Å². The van der Waals surface area contributed by atoms with Gasteiger partial charge in [0.25, 0.3) is 5.91 Å². The summed E-state index contributed by atoms with van der Waals surface area (Å²) in [6.45, 7) is 5.78. The average Bonchev–Trinajstić information content (AvgIpc) is 3.27. The van der Waals surface area contributed by atoms with Gasteiger partial charge in [-0.2, -0.15) is 0 Å².